The van der Waals surface area contributed by atoms with E-state index in [1.54, 1.807) is 31.2 Å². The molecule has 1 unspecified atom stereocenters. The van der Waals surface area contributed by atoms with Crippen molar-refractivity contribution in [1.29, 1.82) is 0 Å². The maximum absolute atomic E-state index is 12.2. The van der Waals surface area contributed by atoms with Crippen LogP contribution in [-0.2, 0) is 9.53 Å². The lowest BCUT2D eigenvalue weighted by Gasteiger charge is -2.13. The van der Waals surface area contributed by atoms with E-state index in [9.17, 15) is 14.4 Å². The monoisotopic (exact) mass is 372 g/mol. The molecule has 0 aliphatic rings. The number of nitrogens with one attached hydrogen (secondary N) is 2. The summed E-state index contributed by atoms with van der Waals surface area (Å²) in [6.07, 6.45) is 3.22. The number of carbonyl (C=O) groups excluding carboxylic acids is 3. The smallest absolute Gasteiger partial charge is 0.338 e. The minimum absolute atomic E-state index is 0.0315. The summed E-state index contributed by atoms with van der Waals surface area (Å²) in [6, 6.07) is 7.97. The van der Waals surface area contributed by atoms with Crippen LogP contribution < -0.4 is 10.6 Å². The quantitative estimate of drug-likeness (QED) is 0.693. The van der Waals surface area contributed by atoms with Crippen molar-refractivity contribution in [1.82, 2.24) is 5.32 Å². The van der Waals surface area contributed by atoms with Gasteiger partial charge in [-0.2, -0.15) is 0 Å². The SMILES string of the molecule is CCCC(C)NC(=O)COC(=O)c1ccc(C)c(NC(=O)c2ccco2)c1. The summed E-state index contributed by atoms with van der Waals surface area (Å²) in [7, 11) is 0. The third-order valence-electron chi connectivity index (χ3n) is 3.93. The Balaban J connectivity index is 1.96. The molecule has 0 aliphatic heterocycles. The van der Waals surface area contributed by atoms with Crippen LogP contribution in [0.4, 0.5) is 5.69 Å². The molecule has 1 heterocycles. The highest BCUT2D eigenvalue weighted by atomic mass is 16.5. The summed E-state index contributed by atoms with van der Waals surface area (Å²) in [4.78, 5) is 36.1. The van der Waals surface area contributed by atoms with Gasteiger partial charge >= 0.3 is 5.97 Å². The lowest BCUT2D eigenvalue weighted by molar-refractivity contribution is -0.124. The Hall–Kier alpha value is -3.09. The van der Waals surface area contributed by atoms with Crippen molar-refractivity contribution >= 4 is 23.5 Å². The third-order valence-corrected chi connectivity index (χ3v) is 3.93. The highest BCUT2D eigenvalue weighted by Crippen LogP contribution is 2.19. The number of aryl methyl sites for hydroxylation is 1. The molecule has 0 aliphatic carbocycles. The Morgan fingerprint density at radius 1 is 1.22 bits per heavy atom. The predicted octanol–water partition coefficient (Wildman–Crippen LogP) is 3.30. The second-order valence-corrected chi connectivity index (χ2v) is 6.29. The van der Waals surface area contributed by atoms with Crippen LogP contribution in [0.1, 0.15) is 53.2 Å². The molecule has 0 spiro atoms. The number of benzene rings is 1. The van der Waals surface area contributed by atoms with Gasteiger partial charge in [0.05, 0.1) is 11.8 Å². The van der Waals surface area contributed by atoms with Gasteiger partial charge in [0.2, 0.25) is 0 Å². The number of anilines is 1. The maximum Gasteiger partial charge on any atom is 0.338 e. The molecule has 7 heteroatoms. The van der Waals surface area contributed by atoms with Crippen molar-refractivity contribution in [3.05, 3.63) is 53.5 Å². The van der Waals surface area contributed by atoms with E-state index >= 15 is 0 Å². The van der Waals surface area contributed by atoms with E-state index in [2.05, 4.69) is 10.6 Å². The molecule has 0 saturated carbocycles. The lowest BCUT2D eigenvalue weighted by atomic mass is 10.1. The number of amides is 2. The molecule has 7 nitrogen and oxygen atoms in total. The fourth-order valence-electron chi connectivity index (χ4n) is 2.51. The second kappa shape index (κ2) is 9.56. The zero-order valence-corrected chi connectivity index (χ0v) is 15.7. The first-order chi connectivity index (χ1) is 12.9. The summed E-state index contributed by atoms with van der Waals surface area (Å²) in [5.41, 5.74) is 1.48. The summed E-state index contributed by atoms with van der Waals surface area (Å²) in [5.74, 6) is -1.23. The Bertz CT molecular complexity index is 799. The molecule has 1 aromatic carbocycles. The molecule has 0 saturated heterocycles. The van der Waals surface area contributed by atoms with Crippen molar-refractivity contribution in [2.24, 2.45) is 0 Å². The van der Waals surface area contributed by atoms with Crippen LogP contribution in [0, 0.1) is 6.92 Å². The second-order valence-electron chi connectivity index (χ2n) is 6.29. The molecule has 144 valence electrons. The number of furan rings is 1. The first-order valence-corrected chi connectivity index (χ1v) is 8.82. The molecule has 1 aromatic heterocycles. The van der Waals surface area contributed by atoms with Crippen LogP contribution in [0.25, 0.3) is 0 Å². The lowest BCUT2D eigenvalue weighted by Crippen LogP contribution is -2.35. The zero-order chi connectivity index (χ0) is 19.8. The predicted molar refractivity (Wildman–Crippen MR) is 101 cm³/mol. The van der Waals surface area contributed by atoms with Gasteiger partial charge in [0.15, 0.2) is 12.4 Å². The molecular weight excluding hydrogens is 348 g/mol. The molecule has 0 fully saturated rings. The first-order valence-electron chi connectivity index (χ1n) is 8.82. The van der Waals surface area contributed by atoms with Crippen molar-refractivity contribution in [2.75, 3.05) is 11.9 Å². The van der Waals surface area contributed by atoms with E-state index in [0.717, 1.165) is 18.4 Å². The largest absolute Gasteiger partial charge is 0.459 e. The van der Waals surface area contributed by atoms with Crippen LogP contribution in [-0.4, -0.2) is 30.4 Å². The fraction of sp³-hybridized carbons (Fsp3) is 0.350. The van der Waals surface area contributed by atoms with Gasteiger partial charge in [0.25, 0.3) is 11.8 Å². The molecular formula is C20H24N2O5. The van der Waals surface area contributed by atoms with Gasteiger partial charge in [0.1, 0.15) is 0 Å². The third kappa shape index (κ3) is 5.99. The van der Waals surface area contributed by atoms with Crippen LogP contribution in [0.15, 0.2) is 41.0 Å². The zero-order valence-electron chi connectivity index (χ0n) is 15.7. The maximum atomic E-state index is 12.2. The summed E-state index contributed by atoms with van der Waals surface area (Å²) in [5, 5.41) is 5.46. The first kappa shape index (κ1) is 20.2. The van der Waals surface area contributed by atoms with E-state index in [0.29, 0.717) is 5.69 Å². The topological polar surface area (TPSA) is 97.6 Å². The fourth-order valence-corrected chi connectivity index (χ4v) is 2.51. The average Bonchev–Trinajstić information content (AvgIpc) is 3.16. The molecule has 2 aromatic rings. The summed E-state index contributed by atoms with van der Waals surface area (Å²) in [6.45, 7) is 5.38. The van der Waals surface area contributed by atoms with Gasteiger partial charge in [-0.1, -0.05) is 19.4 Å². The van der Waals surface area contributed by atoms with Crippen molar-refractivity contribution in [3.63, 3.8) is 0 Å². The standard InChI is InChI=1S/C20H24N2O5/c1-4-6-14(3)21-18(23)12-27-20(25)15-9-8-13(2)16(11-15)22-19(24)17-7-5-10-26-17/h5,7-11,14H,4,6,12H2,1-3H3,(H,21,23)(H,22,24). The molecule has 2 N–H and O–H groups in total. The van der Waals surface area contributed by atoms with E-state index in [1.807, 2.05) is 13.8 Å². The average molecular weight is 372 g/mol. The van der Waals surface area contributed by atoms with E-state index < -0.39 is 11.9 Å². The number of hydrogen-bond donors (Lipinski definition) is 2. The molecule has 2 amide bonds. The molecule has 2 rings (SSSR count). The van der Waals surface area contributed by atoms with Crippen LogP contribution >= 0.6 is 0 Å². The normalized spacial score (nSPS) is 11.5. The summed E-state index contributed by atoms with van der Waals surface area (Å²) >= 11 is 0. The van der Waals surface area contributed by atoms with Crippen LogP contribution in [0.3, 0.4) is 0 Å². The highest BCUT2D eigenvalue weighted by Gasteiger charge is 2.15. The Labute approximate surface area is 158 Å². The molecule has 0 radical (unpaired) electrons. The number of rotatable bonds is 8. The highest BCUT2D eigenvalue weighted by molar-refractivity contribution is 6.03. The van der Waals surface area contributed by atoms with Crippen molar-refractivity contribution in [2.45, 2.75) is 39.7 Å². The van der Waals surface area contributed by atoms with Gasteiger partial charge in [0, 0.05) is 11.7 Å². The van der Waals surface area contributed by atoms with Crippen LogP contribution in [0.5, 0.6) is 0 Å². The minimum Gasteiger partial charge on any atom is -0.459 e. The molecule has 1 atom stereocenters. The van der Waals surface area contributed by atoms with Gasteiger partial charge in [-0.15, -0.1) is 0 Å². The van der Waals surface area contributed by atoms with E-state index in [-0.39, 0.29) is 29.9 Å². The Morgan fingerprint density at radius 3 is 2.67 bits per heavy atom. The molecule has 27 heavy (non-hydrogen) atoms. The molecule has 0 bridgehead atoms. The van der Waals surface area contributed by atoms with Gasteiger partial charge in [-0.05, 0) is 50.1 Å². The Morgan fingerprint density at radius 2 is 2.00 bits per heavy atom. The number of ether oxygens (including phenoxy) is 1. The number of carbonyl (C=O) groups is 3. The van der Waals surface area contributed by atoms with E-state index in [1.165, 1.54) is 12.3 Å². The van der Waals surface area contributed by atoms with Gasteiger partial charge < -0.3 is 19.8 Å². The van der Waals surface area contributed by atoms with Gasteiger partial charge in [-0.25, -0.2) is 4.79 Å². The van der Waals surface area contributed by atoms with Crippen molar-refractivity contribution in [3.8, 4) is 0 Å². The number of esters is 1. The number of hydrogen-bond acceptors (Lipinski definition) is 5. The van der Waals surface area contributed by atoms with Crippen molar-refractivity contribution < 1.29 is 23.5 Å². The Kier molecular flexibility index (Phi) is 7.16. The minimum atomic E-state index is -0.637. The van der Waals surface area contributed by atoms with E-state index in [4.69, 9.17) is 9.15 Å². The van der Waals surface area contributed by atoms with Crippen LogP contribution in [0.2, 0.25) is 0 Å². The summed E-state index contributed by atoms with van der Waals surface area (Å²) < 4.78 is 10.1. The van der Waals surface area contributed by atoms with Gasteiger partial charge in [-0.3, -0.25) is 9.59 Å².